The van der Waals surface area contributed by atoms with Crippen molar-refractivity contribution in [2.45, 2.75) is 19.3 Å². The van der Waals surface area contributed by atoms with Gasteiger partial charge in [0.25, 0.3) is 5.91 Å². The van der Waals surface area contributed by atoms with Gasteiger partial charge in [-0.1, -0.05) is 6.07 Å². The fraction of sp³-hybridized carbons (Fsp3) is 0.200. The number of aryl methyl sites for hydroxylation is 2. The van der Waals surface area contributed by atoms with Gasteiger partial charge in [0.2, 0.25) is 0 Å². The van der Waals surface area contributed by atoms with E-state index in [0.29, 0.717) is 5.56 Å². The first-order valence-corrected chi connectivity index (χ1v) is 7.06. The van der Waals surface area contributed by atoms with Crippen molar-refractivity contribution in [2.75, 3.05) is 5.32 Å². The van der Waals surface area contributed by atoms with Crippen molar-refractivity contribution in [3.8, 4) is 0 Å². The predicted molar refractivity (Wildman–Crippen MR) is 78.4 cm³/mol. The van der Waals surface area contributed by atoms with Crippen LogP contribution in [0.2, 0.25) is 0 Å². The highest BCUT2D eigenvalue weighted by molar-refractivity contribution is 9.10. The monoisotopic (exact) mass is 316 g/mol. The molecule has 0 radical (unpaired) electrons. The summed E-state index contributed by atoms with van der Waals surface area (Å²) < 4.78 is 0.724. The van der Waals surface area contributed by atoms with E-state index in [1.165, 1.54) is 17.5 Å². The topological polar surface area (TPSA) is 42.0 Å². The molecule has 4 heteroatoms. The van der Waals surface area contributed by atoms with Crippen LogP contribution in [0.5, 0.6) is 0 Å². The van der Waals surface area contributed by atoms with E-state index in [4.69, 9.17) is 0 Å². The maximum absolute atomic E-state index is 12.1. The molecule has 1 aromatic heterocycles. The zero-order valence-corrected chi connectivity index (χ0v) is 11.9. The fourth-order valence-corrected chi connectivity index (χ4v) is 2.60. The third kappa shape index (κ3) is 2.68. The number of rotatable bonds is 2. The summed E-state index contributed by atoms with van der Waals surface area (Å²) in [7, 11) is 0. The molecule has 0 unspecified atom stereocenters. The Balaban J connectivity index is 1.77. The summed E-state index contributed by atoms with van der Waals surface area (Å²) in [5, 5.41) is 2.91. The summed E-state index contributed by atoms with van der Waals surface area (Å²) in [4.78, 5) is 16.1. The van der Waals surface area contributed by atoms with Crippen LogP contribution in [0, 0.1) is 0 Å². The van der Waals surface area contributed by atoms with E-state index in [9.17, 15) is 4.79 Å². The molecular weight excluding hydrogens is 304 g/mol. The maximum atomic E-state index is 12.1. The lowest BCUT2D eigenvalue weighted by Crippen LogP contribution is -2.12. The second-order valence-electron chi connectivity index (χ2n) is 4.66. The third-order valence-electron chi connectivity index (χ3n) is 3.35. The van der Waals surface area contributed by atoms with E-state index in [0.717, 1.165) is 23.1 Å². The van der Waals surface area contributed by atoms with Gasteiger partial charge in [0, 0.05) is 11.9 Å². The van der Waals surface area contributed by atoms with Crippen LogP contribution in [-0.2, 0) is 12.8 Å². The maximum Gasteiger partial charge on any atom is 0.257 e. The molecule has 2 aromatic rings. The SMILES string of the molecule is O=C(Nc1ccc2c(c1)CCC2)c1ccc(Br)nc1. The van der Waals surface area contributed by atoms with Gasteiger partial charge < -0.3 is 5.32 Å². The van der Waals surface area contributed by atoms with Gasteiger partial charge in [-0.05, 0) is 70.6 Å². The predicted octanol–water partition coefficient (Wildman–Crippen LogP) is 3.59. The van der Waals surface area contributed by atoms with Gasteiger partial charge in [-0.25, -0.2) is 4.98 Å². The van der Waals surface area contributed by atoms with Gasteiger partial charge in [-0.2, -0.15) is 0 Å². The van der Waals surface area contributed by atoms with Crippen LogP contribution >= 0.6 is 15.9 Å². The molecule has 19 heavy (non-hydrogen) atoms. The molecule has 0 spiro atoms. The molecule has 3 rings (SSSR count). The van der Waals surface area contributed by atoms with Crippen molar-refractivity contribution in [1.82, 2.24) is 4.98 Å². The highest BCUT2D eigenvalue weighted by Gasteiger charge is 2.12. The van der Waals surface area contributed by atoms with E-state index in [1.807, 2.05) is 6.07 Å². The molecule has 0 saturated heterocycles. The number of nitrogens with zero attached hydrogens (tertiary/aromatic N) is 1. The van der Waals surface area contributed by atoms with Crippen LogP contribution in [0.1, 0.15) is 27.9 Å². The standard InChI is InChI=1S/C15H13BrN2O/c16-14-7-5-12(9-17-14)15(19)18-13-6-4-10-2-1-3-11(10)8-13/h4-9H,1-3H2,(H,18,19). The van der Waals surface area contributed by atoms with Crippen molar-refractivity contribution in [2.24, 2.45) is 0 Å². The molecular formula is C15H13BrN2O. The lowest BCUT2D eigenvalue weighted by molar-refractivity contribution is 0.102. The molecule has 0 fully saturated rings. The first-order valence-electron chi connectivity index (χ1n) is 6.27. The molecule has 0 atom stereocenters. The molecule has 1 heterocycles. The molecule has 1 amide bonds. The van der Waals surface area contributed by atoms with Gasteiger partial charge in [0.15, 0.2) is 0 Å². The number of amides is 1. The number of hydrogen-bond donors (Lipinski definition) is 1. The minimum Gasteiger partial charge on any atom is -0.322 e. The normalized spacial score (nSPS) is 13.1. The van der Waals surface area contributed by atoms with Crippen LogP contribution in [0.3, 0.4) is 0 Å². The summed E-state index contributed by atoms with van der Waals surface area (Å²) in [5.41, 5.74) is 4.17. The number of pyridine rings is 1. The lowest BCUT2D eigenvalue weighted by Gasteiger charge is -2.07. The first-order chi connectivity index (χ1) is 9.22. The highest BCUT2D eigenvalue weighted by Crippen LogP contribution is 2.25. The number of aromatic nitrogens is 1. The smallest absolute Gasteiger partial charge is 0.257 e. The van der Waals surface area contributed by atoms with Crippen molar-refractivity contribution in [1.29, 1.82) is 0 Å². The average molecular weight is 317 g/mol. The molecule has 0 bridgehead atoms. The Kier molecular flexibility index (Phi) is 3.34. The summed E-state index contributed by atoms with van der Waals surface area (Å²) in [5.74, 6) is -0.127. The van der Waals surface area contributed by atoms with E-state index in [2.05, 4.69) is 38.4 Å². The second kappa shape index (κ2) is 5.13. The highest BCUT2D eigenvalue weighted by atomic mass is 79.9. The van der Waals surface area contributed by atoms with Crippen molar-refractivity contribution in [3.05, 3.63) is 57.8 Å². The number of benzene rings is 1. The summed E-state index contributed by atoms with van der Waals surface area (Å²) in [6, 6.07) is 9.66. The van der Waals surface area contributed by atoms with Crippen LogP contribution in [0.25, 0.3) is 0 Å². The summed E-state index contributed by atoms with van der Waals surface area (Å²) in [6.45, 7) is 0. The summed E-state index contributed by atoms with van der Waals surface area (Å²) in [6.07, 6.45) is 5.04. The molecule has 1 aliphatic carbocycles. The quantitative estimate of drug-likeness (QED) is 0.860. The van der Waals surface area contributed by atoms with Crippen LogP contribution < -0.4 is 5.32 Å². The van der Waals surface area contributed by atoms with Gasteiger partial charge in [-0.3, -0.25) is 4.79 Å². The van der Waals surface area contributed by atoms with Crippen LogP contribution in [0.4, 0.5) is 5.69 Å². The number of hydrogen-bond acceptors (Lipinski definition) is 2. The van der Waals surface area contributed by atoms with Gasteiger partial charge >= 0.3 is 0 Å². The zero-order chi connectivity index (χ0) is 13.2. The molecule has 96 valence electrons. The Bertz CT molecular complexity index is 623. The van der Waals surface area contributed by atoms with Crippen LogP contribution in [-0.4, -0.2) is 10.9 Å². The van der Waals surface area contributed by atoms with Crippen molar-refractivity contribution < 1.29 is 4.79 Å². The lowest BCUT2D eigenvalue weighted by atomic mass is 10.1. The minimum atomic E-state index is -0.127. The molecule has 0 saturated carbocycles. The molecule has 1 N–H and O–H groups in total. The van der Waals surface area contributed by atoms with E-state index < -0.39 is 0 Å². The Labute approximate surface area is 120 Å². The number of fused-ring (bicyclic) bond motifs is 1. The number of carbonyl (C=O) groups excluding carboxylic acids is 1. The Hall–Kier alpha value is -1.68. The van der Waals surface area contributed by atoms with E-state index >= 15 is 0 Å². The number of carbonyl (C=O) groups is 1. The van der Waals surface area contributed by atoms with Gasteiger partial charge in [0.1, 0.15) is 4.60 Å². The third-order valence-corrected chi connectivity index (χ3v) is 3.82. The molecule has 1 aromatic carbocycles. The average Bonchev–Trinajstić information content (AvgIpc) is 2.87. The molecule has 1 aliphatic rings. The Morgan fingerprint density at radius 3 is 2.79 bits per heavy atom. The fourth-order valence-electron chi connectivity index (χ4n) is 2.36. The van der Waals surface area contributed by atoms with Gasteiger partial charge in [-0.15, -0.1) is 0 Å². The minimum absolute atomic E-state index is 0.127. The number of anilines is 1. The van der Waals surface area contributed by atoms with Crippen LogP contribution in [0.15, 0.2) is 41.1 Å². The van der Waals surface area contributed by atoms with Gasteiger partial charge in [0.05, 0.1) is 5.56 Å². The Morgan fingerprint density at radius 2 is 2.00 bits per heavy atom. The second-order valence-corrected chi connectivity index (χ2v) is 5.47. The number of nitrogens with one attached hydrogen (secondary N) is 1. The zero-order valence-electron chi connectivity index (χ0n) is 10.3. The van der Waals surface area contributed by atoms with E-state index in [1.54, 1.807) is 18.3 Å². The van der Waals surface area contributed by atoms with E-state index in [-0.39, 0.29) is 5.91 Å². The molecule has 0 aliphatic heterocycles. The van der Waals surface area contributed by atoms with Crippen molar-refractivity contribution >= 4 is 27.5 Å². The Morgan fingerprint density at radius 1 is 1.16 bits per heavy atom. The summed E-state index contributed by atoms with van der Waals surface area (Å²) >= 11 is 3.25. The number of halogens is 1. The van der Waals surface area contributed by atoms with Crippen molar-refractivity contribution in [3.63, 3.8) is 0 Å². The largest absolute Gasteiger partial charge is 0.322 e. The first kappa shape index (κ1) is 12.4. The molecule has 3 nitrogen and oxygen atoms in total.